The number of aryl methyl sites for hydroxylation is 1. The zero-order valence-electron chi connectivity index (χ0n) is 9.79. The Morgan fingerprint density at radius 1 is 1.50 bits per heavy atom. The van der Waals surface area contributed by atoms with Gasteiger partial charge in [0.15, 0.2) is 5.78 Å². The zero-order chi connectivity index (χ0) is 12.1. The van der Waals surface area contributed by atoms with Crippen molar-refractivity contribution in [2.75, 3.05) is 6.54 Å². The number of ketones is 1. The lowest BCUT2D eigenvalue weighted by molar-refractivity contribution is 0.0971. The number of hydrogen-bond donors (Lipinski definition) is 1. The van der Waals surface area contributed by atoms with Gasteiger partial charge in [-0.15, -0.1) is 0 Å². The maximum atomic E-state index is 13.4. The van der Waals surface area contributed by atoms with Crippen LogP contribution in [0.1, 0.15) is 35.7 Å². The number of rotatable bonds is 5. The summed E-state index contributed by atoms with van der Waals surface area (Å²) in [7, 11) is 0. The molecule has 1 unspecified atom stereocenters. The SMILES string of the molecule is Cc1ccc(F)c(C(=O)CCC(C)CN)c1. The third-order valence-corrected chi connectivity index (χ3v) is 2.69. The summed E-state index contributed by atoms with van der Waals surface area (Å²) in [4.78, 5) is 11.8. The van der Waals surface area contributed by atoms with Crippen LogP contribution in [0.4, 0.5) is 4.39 Å². The van der Waals surface area contributed by atoms with Gasteiger partial charge >= 0.3 is 0 Å². The Labute approximate surface area is 95.7 Å². The Balaban J connectivity index is 2.69. The molecule has 0 spiro atoms. The molecule has 0 saturated carbocycles. The van der Waals surface area contributed by atoms with Crippen molar-refractivity contribution in [3.8, 4) is 0 Å². The molecule has 0 aromatic heterocycles. The third kappa shape index (κ3) is 3.42. The predicted molar refractivity (Wildman–Crippen MR) is 62.9 cm³/mol. The molecule has 1 aromatic carbocycles. The summed E-state index contributed by atoms with van der Waals surface area (Å²) in [6, 6.07) is 4.61. The molecule has 0 bridgehead atoms. The fraction of sp³-hybridized carbons (Fsp3) is 0.462. The Morgan fingerprint density at radius 3 is 2.81 bits per heavy atom. The summed E-state index contributed by atoms with van der Waals surface area (Å²) in [5.41, 5.74) is 6.56. The number of carbonyl (C=O) groups is 1. The third-order valence-electron chi connectivity index (χ3n) is 2.69. The van der Waals surface area contributed by atoms with E-state index in [-0.39, 0.29) is 11.3 Å². The van der Waals surface area contributed by atoms with Crippen molar-refractivity contribution in [2.45, 2.75) is 26.7 Å². The van der Waals surface area contributed by atoms with Crippen LogP contribution >= 0.6 is 0 Å². The van der Waals surface area contributed by atoms with E-state index in [2.05, 4.69) is 0 Å². The maximum absolute atomic E-state index is 13.4. The van der Waals surface area contributed by atoms with Gasteiger partial charge in [0.25, 0.3) is 0 Å². The molecule has 1 aromatic rings. The summed E-state index contributed by atoms with van der Waals surface area (Å²) in [6.07, 6.45) is 1.07. The van der Waals surface area contributed by atoms with Crippen LogP contribution in [0.25, 0.3) is 0 Å². The maximum Gasteiger partial charge on any atom is 0.165 e. The summed E-state index contributed by atoms with van der Waals surface area (Å²) in [5, 5.41) is 0. The summed E-state index contributed by atoms with van der Waals surface area (Å²) in [6.45, 7) is 4.39. The van der Waals surface area contributed by atoms with Crippen molar-refractivity contribution in [2.24, 2.45) is 11.7 Å². The van der Waals surface area contributed by atoms with E-state index < -0.39 is 5.82 Å². The Morgan fingerprint density at radius 2 is 2.19 bits per heavy atom. The van der Waals surface area contributed by atoms with Crippen LogP contribution in [0.3, 0.4) is 0 Å². The number of hydrogen-bond acceptors (Lipinski definition) is 2. The molecule has 0 fully saturated rings. The molecule has 2 N–H and O–H groups in total. The quantitative estimate of drug-likeness (QED) is 0.780. The first-order chi connectivity index (χ1) is 7.54. The van der Waals surface area contributed by atoms with Crippen LogP contribution in [0.2, 0.25) is 0 Å². The molecular formula is C13H18FNO. The zero-order valence-corrected chi connectivity index (χ0v) is 9.79. The molecule has 0 aliphatic heterocycles. The van der Waals surface area contributed by atoms with E-state index in [0.717, 1.165) is 5.56 Å². The summed E-state index contributed by atoms with van der Waals surface area (Å²) in [5.74, 6) is -0.269. The minimum atomic E-state index is -0.434. The highest BCUT2D eigenvalue weighted by Gasteiger charge is 2.12. The molecule has 0 saturated heterocycles. The van der Waals surface area contributed by atoms with Gasteiger partial charge in [-0.05, 0) is 37.9 Å². The van der Waals surface area contributed by atoms with Crippen LogP contribution < -0.4 is 5.73 Å². The van der Waals surface area contributed by atoms with Crippen molar-refractivity contribution >= 4 is 5.78 Å². The lowest BCUT2D eigenvalue weighted by Crippen LogP contribution is -2.13. The highest BCUT2D eigenvalue weighted by molar-refractivity contribution is 5.96. The first-order valence-corrected chi connectivity index (χ1v) is 5.54. The Kier molecular flexibility index (Phi) is 4.62. The molecule has 2 nitrogen and oxygen atoms in total. The first kappa shape index (κ1) is 12.8. The van der Waals surface area contributed by atoms with Crippen LogP contribution in [0, 0.1) is 18.7 Å². The van der Waals surface area contributed by atoms with Gasteiger partial charge in [-0.1, -0.05) is 18.6 Å². The van der Waals surface area contributed by atoms with E-state index in [9.17, 15) is 9.18 Å². The second-order valence-corrected chi connectivity index (χ2v) is 4.29. The number of Topliss-reactive ketones (excluding diaryl/α,β-unsaturated/α-hetero) is 1. The highest BCUT2D eigenvalue weighted by Crippen LogP contribution is 2.15. The molecule has 3 heteroatoms. The number of benzene rings is 1. The number of nitrogens with two attached hydrogens (primary N) is 1. The molecule has 1 rings (SSSR count). The minimum absolute atomic E-state index is 0.137. The van der Waals surface area contributed by atoms with Gasteiger partial charge in [0, 0.05) is 6.42 Å². The highest BCUT2D eigenvalue weighted by atomic mass is 19.1. The van der Waals surface area contributed by atoms with Crippen molar-refractivity contribution in [3.63, 3.8) is 0 Å². The second kappa shape index (κ2) is 5.75. The van der Waals surface area contributed by atoms with Gasteiger partial charge in [0.2, 0.25) is 0 Å². The van der Waals surface area contributed by atoms with Crippen LogP contribution in [-0.4, -0.2) is 12.3 Å². The molecule has 88 valence electrons. The molecule has 16 heavy (non-hydrogen) atoms. The molecular weight excluding hydrogens is 205 g/mol. The average molecular weight is 223 g/mol. The predicted octanol–water partition coefficient (Wildman–Crippen LogP) is 2.69. The fourth-order valence-electron chi connectivity index (χ4n) is 1.48. The van der Waals surface area contributed by atoms with E-state index >= 15 is 0 Å². The second-order valence-electron chi connectivity index (χ2n) is 4.29. The Hall–Kier alpha value is -1.22. The van der Waals surface area contributed by atoms with E-state index in [0.29, 0.717) is 25.3 Å². The van der Waals surface area contributed by atoms with E-state index in [1.165, 1.54) is 6.07 Å². The van der Waals surface area contributed by atoms with Gasteiger partial charge in [-0.25, -0.2) is 4.39 Å². The monoisotopic (exact) mass is 223 g/mol. The largest absolute Gasteiger partial charge is 0.330 e. The molecule has 0 heterocycles. The van der Waals surface area contributed by atoms with Crippen molar-refractivity contribution in [1.29, 1.82) is 0 Å². The molecule has 0 amide bonds. The Bertz CT molecular complexity index is 376. The average Bonchev–Trinajstić information content (AvgIpc) is 2.28. The van der Waals surface area contributed by atoms with Gasteiger partial charge in [0.1, 0.15) is 5.82 Å². The van der Waals surface area contributed by atoms with Gasteiger partial charge in [-0.3, -0.25) is 4.79 Å². The van der Waals surface area contributed by atoms with Gasteiger partial charge < -0.3 is 5.73 Å². The first-order valence-electron chi connectivity index (χ1n) is 5.54. The van der Waals surface area contributed by atoms with Crippen LogP contribution in [-0.2, 0) is 0 Å². The van der Waals surface area contributed by atoms with E-state index in [4.69, 9.17) is 5.73 Å². The van der Waals surface area contributed by atoms with Crippen molar-refractivity contribution in [3.05, 3.63) is 35.1 Å². The van der Waals surface area contributed by atoms with Gasteiger partial charge in [-0.2, -0.15) is 0 Å². The van der Waals surface area contributed by atoms with E-state index in [1.54, 1.807) is 12.1 Å². The van der Waals surface area contributed by atoms with Crippen molar-refractivity contribution in [1.82, 2.24) is 0 Å². The summed E-state index contributed by atoms with van der Waals surface area (Å²) >= 11 is 0. The molecule has 0 aliphatic carbocycles. The van der Waals surface area contributed by atoms with Crippen molar-refractivity contribution < 1.29 is 9.18 Å². The topological polar surface area (TPSA) is 43.1 Å². The van der Waals surface area contributed by atoms with Gasteiger partial charge in [0.05, 0.1) is 5.56 Å². The standard InChI is InChI=1S/C13H18FNO/c1-9-3-5-12(14)11(7-9)13(16)6-4-10(2)8-15/h3,5,7,10H,4,6,8,15H2,1-2H3. The molecule has 0 aliphatic rings. The normalized spacial score (nSPS) is 12.5. The fourth-order valence-corrected chi connectivity index (χ4v) is 1.48. The van der Waals surface area contributed by atoms with E-state index in [1.807, 2.05) is 13.8 Å². The lowest BCUT2D eigenvalue weighted by Gasteiger charge is -2.08. The number of halogens is 1. The number of carbonyl (C=O) groups excluding carboxylic acids is 1. The molecule has 1 atom stereocenters. The molecule has 0 radical (unpaired) electrons. The smallest absolute Gasteiger partial charge is 0.165 e. The lowest BCUT2D eigenvalue weighted by atomic mass is 9.99. The summed E-state index contributed by atoms with van der Waals surface area (Å²) < 4.78 is 13.4. The minimum Gasteiger partial charge on any atom is -0.330 e. The van der Waals surface area contributed by atoms with Crippen LogP contribution in [0.15, 0.2) is 18.2 Å². The van der Waals surface area contributed by atoms with Crippen LogP contribution in [0.5, 0.6) is 0 Å².